The Morgan fingerprint density at radius 3 is 1.81 bits per heavy atom. The minimum atomic E-state index is -4.98. The van der Waals surface area contributed by atoms with Crippen molar-refractivity contribution in [2.75, 3.05) is 26.3 Å². The Morgan fingerprint density at radius 1 is 1.10 bits per heavy atom. The highest BCUT2D eigenvalue weighted by Gasteiger charge is 2.48. The zero-order valence-electron chi connectivity index (χ0n) is 12.6. The second kappa shape index (κ2) is 8.56. The number of alkyl halides is 3. The fraction of sp³-hybridized carbons (Fsp3) is 0.750. The molecule has 0 fully saturated rings. The number of amides is 1. The van der Waals surface area contributed by atoms with Crippen molar-refractivity contribution >= 4 is 13.5 Å². The fourth-order valence-corrected chi connectivity index (χ4v) is 3.19. The third-order valence-electron chi connectivity index (χ3n) is 2.52. The lowest BCUT2D eigenvalue weighted by atomic mass is 10.4. The van der Waals surface area contributed by atoms with E-state index in [1.807, 2.05) is 0 Å². The molecule has 0 aliphatic rings. The van der Waals surface area contributed by atoms with Crippen molar-refractivity contribution < 1.29 is 31.6 Å². The van der Waals surface area contributed by atoms with E-state index < -0.39 is 25.0 Å². The van der Waals surface area contributed by atoms with Crippen molar-refractivity contribution in [3.63, 3.8) is 0 Å². The molecule has 0 radical (unpaired) electrons. The predicted octanol–water partition coefficient (Wildman–Crippen LogP) is 3.57. The maximum atomic E-state index is 13.1. The van der Waals surface area contributed by atoms with Crippen molar-refractivity contribution in [2.24, 2.45) is 0 Å². The molecular weight excluding hydrogens is 310 g/mol. The summed E-state index contributed by atoms with van der Waals surface area (Å²) >= 11 is 0. The summed E-state index contributed by atoms with van der Waals surface area (Å²) in [5, 5.41) is -1.57. The van der Waals surface area contributed by atoms with E-state index in [4.69, 9.17) is 0 Å². The number of carbonyl (C=O) groups is 1. The molecule has 0 aromatic carbocycles. The second-order valence-corrected chi connectivity index (χ2v) is 5.86. The molecule has 0 bridgehead atoms. The van der Waals surface area contributed by atoms with Gasteiger partial charge < -0.3 is 13.9 Å². The highest BCUT2D eigenvalue weighted by atomic mass is 31.2. The van der Waals surface area contributed by atoms with Crippen LogP contribution in [0.4, 0.5) is 13.2 Å². The molecule has 0 saturated heterocycles. The van der Waals surface area contributed by atoms with E-state index in [9.17, 15) is 22.5 Å². The van der Waals surface area contributed by atoms with Crippen LogP contribution in [-0.4, -0.2) is 43.3 Å². The van der Waals surface area contributed by atoms with E-state index in [2.05, 4.69) is 9.05 Å². The van der Waals surface area contributed by atoms with Crippen LogP contribution in [0.2, 0.25) is 0 Å². The summed E-state index contributed by atoms with van der Waals surface area (Å²) < 4.78 is 61.0. The number of hydrogen-bond donors (Lipinski definition) is 0. The molecule has 0 aromatic heterocycles. The summed E-state index contributed by atoms with van der Waals surface area (Å²) in [5.41, 5.74) is 0. The van der Waals surface area contributed by atoms with Crippen LogP contribution in [0, 0.1) is 0 Å². The highest BCUT2D eigenvalue weighted by molar-refractivity contribution is 7.58. The largest absolute Gasteiger partial charge is 0.424 e. The van der Waals surface area contributed by atoms with Gasteiger partial charge in [0.1, 0.15) is 0 Å². The van der Waals surface area contributed by atoms with Crippen LogP contribution in [0.25, 0.3) is 0 Å². The van der Waals surface area contributed by atoms with Crippen LogP contribution in [0.3, 0.4) is 0 Å². The summed E-state index contributed by atoms with van der Waals surface area (Å²) in [5.74, 6) is -0.882. The number of rotatable bonds is 8. The monoisotopic (exact) mass is 331 g/mol. The van der Waals surface area contributed by atoms with Crippen molar-refractivity contribution in [1.29, 1.82) is 0 Å². The standard InChI is InChI=1S/C12H21F3NO4P/c1-5-16(6-2)11(17)9-10(12(13,14)15)21(18,19-7-3)20-8-4/h9H,5-8H2,1-4H3/b10-9+. The van der Waals surface area contributed by atoms with Crippen LogP contribution in [-0.2, 0) is 18.4 Å². The highest BCUT2D eigenvalue weighted by Crippen LogP contribution is 2.61. The molecule has 0 unspecified atom stereocenters. The van der Waals surface area contributed by atoms with E-state index in [1.165, 1.54) is 18.7 Å². The van der Waals surface area contributed by atoms with E-state index in [1.54, 1.807) is 13.8 Å². The Morgan fingerprint density at radius 2 is 1.52 bits per heavy atom. The summed E-state index contributed by atoms with van der Waals surface area (Å²) in [6, 6.07) is 0. The normalized spacial score (nSPS) is 13.4. The lowest BCUT2D eigenvalue weighted by Gasteiger charge is -2.23. The first-order chi connectivity index (χ1) is 9.66. The molecule has 0 aliphatic carbocycles. The molecule has 0 rings (SSSR count). The van der Waals surface area contributed by atoms with Gasteiger partial charge in [-0.05, 0) is 27.7 Å². The van der Waals surface area contributed by atoms with Gasteiger partial charge in [0.2, 0.25) is 5.91 Å². The first-order valence-corrected chi connectivity index (χ1v) is 8.17. The van der Waals surface area contributed by atoms with E-state index in [0.717, 1.165) is 0 Å². The summed E-state index contributed by atoms with van der Waals surface area (Å²) in [7, 11) is -4.58. The summed E-state index contributed by atoms with van der Waals surface area (Å²) in [6.45, 7) is 6.07. The fourth-order valence-electron chi connectivity index (χ4n) is 1.58. The van der Waals surface area contributed by atoms with Crippen LogP contribution in [0.5, 0.6) is 0 Å². The zero-order chi connectivity index (χ0) is 16.7. The van der Waals surface area contributed by atoms with Gasteiger partial charge in [-0.25, -0.2) is 0 Å². The van der Waals surface area contributed by atoms with Crippen LogP contribution >= 0.6 is 7.60 Å². The number of carbonyl (C=O) groups excluding carboxylic acids is 1. The smallest absolute Gasteiger partial charge is 0.340 e. The molecule has 0 heterocycles. The number of hydrogen-bond acceptors (Lipinski definition) is 4. The van der Waals surface area contributed by atoms with Crippen LogP contribution in [0.1, 0.15) is 27.7 Å². The number of nitrogens with zero attached hydrogens (tertiary/aromatic N) is 1. The maximum Gasteiger partial charge on any atom is 0.424 e. The molecule has 0 aromatic rings. The molecule has 0 N–H and O–H groups in total. The van der Waals surface area contributed by atoms with Gasteiger partial charge in [0.15, 0.2) is 5.31 Å². The Labute approximate surface area is 122 Å². The summed E-state index contributed by atoms with van der Waals surface area (Å²) in [4.78, 5) is 13.0. The van der Waals surface area contributed by atoms with Crippen LogP contribution < -0.4 is 0 Å². The number of allylic oxidation sites excluding steroid dienone is 1. The van der Waals surface area contributed by atoms with Gasteiger partial charge >= 0.3 is 13.8 Å². The van der Waals surface area contributed by atoms with Gasteiger partial charge in [0, 0.05) is 19.2 Å². The molecule has 0 aliphatic heterocycles. The molecule has 21 heavy (non-hydrogen) atoms. The predicted molar refractivity (Wildman–Crippen MR) is 72.9 cm³/mol. The van der Waals surface area contributed by atoms with Gasteiger partial charge in [-0.3, -0.25) is 9.36 Å². The molecule has 1 amide bonds. The van der Waals surface area contributed by atoms with Gasteiger partial charge in [-0.1, -0.05) is 0 Å². The summed E-state index contributed by atoms with van der Waals surface area (Å²) in [6.07, 6.45) is -4.68. The van der Waals surface area contributed by atoms with E-state index in [-0.39, 0.29) is 26.3 Å². The van der Waals surface area contributed by atoms with Gasteiger partial charge in [-0.15, -0.1) is 0 Å². The third kappa shape index (κ3) is 5.80. The molecule has 9 heteroatoms. The lowest BCUT2D eigenvalue weighted by Crippen LogP contribution is -2.30. The lowest BCUT2D eigenvalue weighted by molar-refractivity contribution is -0.126. The molecule has 0 spiro atoms. The second-order valence-electron chi connectivity index (χ2n) is 3.87. The van der Waals surface area contributed by atoms with Crippen molar-refractivity contribution in [3.8, 4) is 0 Å². The first kappa shape index (κ1) is 20.1. The van der Waals surface area contributed by atoms with Crippen molar-refractivity contribution in [2.45, 2.75) is 33.9 Å². The minimum absolute atomic E-state index is 0.232. The van der Waals surface area contributed by atoms with Crippen molar-refractivity contribution in [1.82, 2.24) is 4.90 Å². The first-order valence-electron chi connectivity index (χ1n) is 6.63. The van der Waals surface area contributed by atoms with Crippen LogP contribution in [0.15, 0.2) is 11.4 Å². The Bertz CT molecular complexity index is 409. The number of halogens is 3. The van der Waals surface area contributed by atoms with Gasteiger partial charge in [0.25, 0.3) is 0 Å². The Hall–Kier alpha value is -0.850. The Balaban J connectivity index is 5.77. The third-order valence-corrected chi connectivity index (χ3v) is 4.69. The molecular formula is C12H21F3NO4P. The van der Waals surface area contributed by atoms with E-state index in [0.29, 0.717) is 6.08 Å². The molecule has 124 valence electrons. The van der Waals surface area contributed by atoms with Gasteiger partial charge in [-0.2, -0.15) is 13.2 Å². The van der Waals surface area contributed by atoms with Crippen molar-refractivity contribution in [3.05, 3.63) is 11.4 Å². The SMILES string of the molecule is CCOP(=O)(OCC)/C(=C/C(=O)N(CC)CC)C(F)(F)F. The number of likely N-dealkylation sites (N-methyl/N-ethyl adjacent to an activating group) is 1. The topological polar surface area (TPSA) is 55.8 Å². The molecule has 0 saturated carbocycles. The average Bonchev–Trinajstić information content (AvgIpc) is 2.36. The Kier molecular flexibility index (Phi) is 8.21. The zero-order valence-corrected chi connectivity index (χ0v) is 13.5. The van der Waals surface area contributed by atoms with Gasteiger partial charge in [0.05, 0.1) is 13.2 Å². The molecule has 5 nitrogen and oxygen atoms in total. The molecule has 0 atom stereocenters. The quantitative estimate of drug-likeness (QED) is 0.504. The van der Waals surface area contributed by atoms with E-state index >= 15 is 0 Å². The average molecular weight is 331 g/mol. The minimum Gasteiger partial charge on any atom is -0.340 e. The maximum absolute atomic E-state index is 13.1.